The number of hydrogen-bond donors (Lipinski definition) is 2. The van der Waals surface area contributed by atoms with E-state index in [1.165, 1.54) is 12.8 Å². The minimum absolute atomic E-state index is 0.0247. The summed E-state index contributed by atoms with van der Waals surface area (Å²) in [7, 11) is -1.26. The van der Waals surface area contributed by atoms with Crippen molar-refractivity contribution >= 4 is 15.9 Å². The SMILES string of the molecule is COc1ccc([C@H](CNC(=O)NC[C@@H]2CCS(=O)(=O)C2)N2CCCC2)cc1. The van der Waals surface area contributed by atoms with Gasteiger partial charge in [0.25, 0.3) is 0 Å². The molecule has 2 saturated heterocycles. The van der Waals surface area contributed by atoms with Crippen LogP contribution in [0.4, 0.5) is 4.79 Å². The molecular formula is C19H29N3O4S. The van der Waals surface area contributed by atoms with Crippen LogP contribution in [-0.2, 0) is 9.84 Å². The lowest BCUT2D eigenvalue weighted by Crippen LogP contribution is -2.43. The molecule has 2 fully saturated rings. The number of benzene rings is 1. The van der Waals surface area contributed by atoms with Crippen molar-refractivity contribution in [2.45, 2.75) is 25.3 Å². The van der Waals surface area contributed by atoms with Crippen molar-refractivity contribution < 1.29 is 17.9 Å². The Bertz CT molecular complexity index is 730. The maximum Gasteiger partial charge on any atom is 0.314 e. The standard InChI is InChI=1S/C19H29N3O4S/c1-26-17-6-4-16(5-7-17)18(22-9-2-3-10-22)13-21-19(23)20-12-15-8-11-27(24,25)14-15/h4-7,15,18H,2-3,8-14H2,1H3,(H2,20,21,23)/t15-,18-/m0/s1. The third kappa shape index (κ3) is 5.59. The normalized spacial score (nSPS) is 23.1. The molecule has 3 rings (SSSR count). The summed E-state index contributed by atoms with van der Waals surface area (Å²) in [6.07, 6.45) is 2.98. The highest BCUT2D eigenvalue weighted by Crippen LogP contribution is 2.26. The molecule has 27 heavy (non-hydrogen) atoms. The van der Waals surface area contributed by atoms with E-state index in [0.717, 1.165) is 24.4 Å². The molecule has 2 N–H and O–H groups in total. The molecule has 2 amide bonds. The summed E-state index contributed by atoms with van der Waals surface area (Å²) in [6, 6.07) is 7.86. The molecular weight excluding hydrogens is 366 g/mol. The van der Waals surface area contributed by atoms with Crippen LogP contribution < -0.4 is 15.4 Å². The van der Waals surface area contributed by atoms with Gasteiger partial charge in [0.2, 0.25) is 0 Å². The van der Waals surface area contributed by atoms with E-state index in [0.29, 0.717) is 19.5 Å². The molecule has 2 atom stereocenters. The lowest BCUT2D eigenvalue weighted by atomic mass is 10.1. The molecule has 150 valence electrons. The second-order valence-corrected chi connectivity index (χ2v) is 9.62. The van der Waals surface area contributed by atoms with Crippen LogP contribution in [-0.4, -0.2) is 64.1 Å². The fraction of sp³-hybridized carbons (Fsp3) is 0.632. The third-order valence-electron chi connectivity index (χ3n) is 5.42. The van der Waals surface area contributed by atoms with E-state index in [1.807, 2.05) is 24.3 Å². The van der Waals surface area contributed by atoms with Gasteiger partial charge in [-0.15, -0.1) is 0 Å². The van der Waals surface area contributed by atoms with Gasteiger partial charge in [0, 0.05) is 13.1 Å². The van der Waals surface area contributed by atoms with Gasteiger partial charge >= 0.3 is 6.03 Å². The topological polar surface area (TPSA) is 87.7 Å². The van der Waals surface area contributed by atoms with Gasteiger partial charge in [0.15, 0.2) is 9.84 Å². The monoisotopic (exact) mass is 395 g/mol. The Morgan fingerprint density at radius 3 is 2.52 bits per heavy atom. The number of sulfone groups is 1. The van der Waals surface area contributed by atoms with Crippen LogP contribution in [0.5, 0.6) is 5.75 Å². The molecule has 0 bridgehead atoms. The molecule has 0 saturated carbocycles. The molecule has 0 spiro atoms. The predicted octanol–water partition coefficient (Wildman–Crippen LogP) is 1.57. The van der Waals surface area contributed by atoms with Gasteiger partial charge in [-0.2, -0.15) is 0 Å². The second kappa shape index (κ2) is 8.93. The number of amides is 2. The molecule has 0 aliphatic carbocycles. The van der Waals surface area contributed by atoms with Gasteiger partial charge in [0.1, 0.15) is 5.75 Å². The summed E-state index contributed by atoms with van der Waals surface area (Å²) < 4.78 is 28.2. The van der Waals surface area contributed by atoms with Crippen LogP contribution in [0.25, 0.3) is 0 Å². The number of urea groups is 1. The highest BCUT2D eigenvalue weighted by atomic mass is 32.2. The van der Waals surface area contributed by atoms with E-state index in [2.05, 4.69) is 15.5 Å². The van der Waals surface area contributed by atoms with E-state index in [-0.39, 0.29) is 29.5 Å². The second-order valence-electron chi connectivity index (χ2n) is 7.39. The fourth-order valence-corrected chi connectivity index (χ4v) is 5.72. The van der Waals surface area contributed by atoms with Gasteiger partial charge < -0.3 is 15.4 Å². The van der Waals surface area contributed by atoms with Gasteiger partial charge in [-0.3, -0.25) is 4.90 Å². The van der Waals surface area contributed by atoms with Gasteiger partial charge in [0.05, 0.1) is 24.7 Å². The zero-order valence-corrected chi connectivity index (χ0v) is 16.6. The number of methoxy groups -OCH3 is 1. The maximum atomic E-state index is 12.2. The van der Waals surface area contributed by atoms with Crippen LogP contribution >= 0.6 is 0 Å². The molecule has 0 aromatic heterocycles. The maximum absolute atomic E-state index is 12.2. The van der Waals surface area contributed by atoms with E-state index in [4.69, 9.17) is 4.74 Å². The Kier molecular flexibility index (Phi) is 6.59. The van der Waals surface area contributed by atoms with Gasteiger partial charge in [-0.05, 0) is 56.0 Å². The molecule has 0 unspecified atom stereocenters. The smallest absolute Gasteiger partial charge is 0.314 e. The van der Waals surface area contributed by atoms with Crippen molar-refractivity contribution in [2.24, 2.45) is 5.92 Å². The zero-order chi connectivity index (χ0) is 19.3. The van der Waals surface area contributed by atoms with Crippen LogP contribution in [0.2, 0.25) is 0 Å². The number of nitrogens with one attached hydrogen (secondary N) is 2. The summed E-state index contributed by atoms with van der Waals surface area (Å²) in [6.45, 7) is 2.98. The number of rotatable bonds is 7. The Hall–Kier alpha value is -1.80. The molecule has 1 aromatic rings. The van der Waals surface area contributed by atoms with E-state index < -0.39 is 9.84 Å². The summed E-state index contributed by atoms with van der Waals surface area (Å²) in [5, 5.41) is 5.78. The average Bonchev–Trinajstić information content (AvgIpc) is 3.30. The molecule has 2 aliphatic heterocycles. The molecule has 8 heteroatoms. The van der Waals surface area contributed by atoms with Crippen molar-refractivity contribution in [2.75, 3.05) is 44.8 Å². The van der Waals surface area contributed by atoms with E-state index >= 15 is 0 Å². The number of nitrogens with zero attached hydrogens (tertiary/aromatic N) is 1. The first kappa shape index (κ1) is 19.9. The molecule has 7 nitrogen and oxygen atoms in total. The first-order valence-electron chi connectivity index (χ1n) is 9.57. The van der Waals surface area contributed by atoms with Crippen molar-refractivity contribution in [1.29, 1.82) is 0 Å². The molecule has 2 aliphatic rings. The van der Waals surface area contributed by atoms with Crippen LogP contribution in [0, 0.1) is 5.92 Å². The van der Waals surface area contributed by atoms with Gasteiger partial charge in [-0.25, -0.2) is 13.2 Å². The lowest BCUT2D eigenvalue weighted by Gasteiger charge is -2.28. The van der Waals surface area contributed by atoms with E-state index in [9.17, 15) is 13.2 Å². The van der Waals surface area contributed by atoms with Gasteiger partial charge in [-0.1, -0.05) is 12.1 Å². The first-order chi connectivity index (χ1) is 13.0. The Labute approximate surface area is 161 Å². The summed E-state index contributed by atoms with van der Waals surface area (Å²) in [5.41, 5.74) is 1.15. The Balaban J connectivity index is 1.53. The van der Waals surface area contributed by atoms with E-state index in [1.54, 1.807) is 7.11 Å². The molecule has 2 heterocycles. The number of hydrogen-bond acceptors (Lipinski definition) is 5. The third-order valence-corrected chi connectivity index (χ3v) is 7.25. The summed E-state index contributed by atoms with van der Waals surface area (Å²) in [4.78, 5) is 14.6. The Morgan fingerprint density at radius 1 is 1.22 bits per heavy atom. The largest absolute Gasteiger partial charge is 0.497 e. The molecule has 0 radical (unpaired) electrons. The zero-order valence-electron chi connectivity index (χ0n) is 15.8. The number of ether oxygens (including phenoxy) is 1. The van der Waals surface area contributed by atoms with Crippen molar-refractivity contribution in [3.05, 3.63) is 29.8 Å². The van der Waals surface area contributed by atoms with Crippen LogP contribution in [0.3, 0.4) is 0 Å². The van der Waals surface area contributed by atoms with Crippen molar-refractivity contribution in [1.82, 2.24) is 15.5 Å². The summed E-state index contributed by atoms with van der Waals surface area (Å²) >= 11 is 0. The average molecular weight is 396 g/mol. The minimum atomic E-state index is -2.91. The number of carbonyl (C=O) groups excluding carboxylic acids is 1. The number of likely N-dealkylation sites (tertiary alicyclic amines) is 1. The van der Waals surface area contributed by atoms with Crippen LogP contribution in [0.15, 0.2) is 24.3 Å². The molecule has 1 aromatic carbocycles. The fourth-order valence-electron chi connectivity index (χ4n) is 3.86. The first-order valence-corrected chi connectivity index (χ1v) is 11.4. The predicted molar refractivity (Wildman–Crippen MR) is 105 cm³/mol. The Morgan fingerprint density at radius 2 is 1.93 bits per heavy atom. The number of carbonyl (C=O) groups is 1. The van der Waals surface area contributed by atoms with Crippen LogP contribution in [0.1, 0.15) is 30.9 Å². The highest BCUT2D eigenvalue weighted by Gasteiger charge is 2.28. The lowest BCUT2D eigenvalue weighted by molar-refractivity contribution is 0.220. The summed E-state index contributed by atoms with van der Waals surface area (Å²) in [5.74, 6) is 1.25. The van der Waals surface area contributed by atoms with Crippen molar-refractivity contribution in [3.8, 4) is 5.75 Å². The quantitative estimate of drug-likeness (QED) is 0.732. The van der Waals surface area contributed by atoms with Crippen molar-refractivity contribution in [3.63, 3.8) is 0 Å². The highest BCUT2D eigenvalue weighted by molar-refractivity contribution is 7.91. The minimum Gasteiger partial charge on any atom is -0.497 e.